The molecule has 0 aliphatic rings. The highest BCUT2D eigenvalue weighted by molar-refractivity contribution is 8.00. The molecule has 94 valence electrons. The molecule has 1 heterocycles. The first-order valence-corrected chi connectivity index (χ1v) is 6.58. The van der Waals surface area contributed by atoms with Crippen molar-refractivity contribution >= 4 is 17.7 Å². The molecular weight excluding hydrogens is 238 g/mol. The van der Waals surface area contributed by atoms with Gasteiger partial charge in [-0.15, -0.1) is 11.8 Å². The summed E-state index contributed by atoms with van der Waals surface area (Å²) >= 11 is 1.38. The minimum Gasteiger partial charge on any atom is -0.465 e. The molecule has 0 aliphatic heterocycles. The van der Waals surface area contributed by atoms with Gasteiger partial charge in [0, 0.05) is 11.1 Å². The van der Waals surface area contributed by atoms with Crippen molar-refractivity contribution in [2.45, 2.75) is 31.3 Å². The number of thioether (sulfide) groups is 1. The highest BCUT2D eigenvalue weighted by Gasteiger charge is 2.07. The number of carbonyl (C=O) groups is 1. The Balaban J connectivity index is 2.48. The summed E-state index contributed by atoms with van der Waals surface area (Å²) < 4.78 is 4.82. The van der Waals surface area contributed by atoms with Crippen molar-refractivity contribution in [1.82, 2.24) is 4.98 Å². The van der Waals surface area contributed by atoms with Crippen LogP contribution in [-0.2, 0) is 9.53 Å². The molecule has 0 spiro atoms. The number of hydrogen-bond donors (Lipinski definition) is 1. The monoisotopic (exact) mass is 255 g/mol. The van der Waals surface area contributed by atoms with E-state index in [0.29, 0.717) is 18.7 Å². The first-order chi connectivity index (χ1) is 8.17. The molecular formula is C12H17NO3S. The first-order valence-electron chi connectivity index (χ1n) is 5.59. The molecule has 17 heavy (non-hydrogen) atoms. The maximum Gasteiger partial charge on any atom is 0.316 e. The summed E-state index contributed by atoms with van der Waals surface area (Å²) in [5.41, 5.74) is 0.660. The van der Waals surface area contributed by atoms with Gasteiger partial charge < -0.3 is 9.84 Å². The number of carbonyl (C=O) groups excluding carboxylic acids is 1. The summed E-state index contributed by atoms with van der Waals surface area (Å²) in [4.78, 5) is 16.2. The molecule has 1 unspecified atom stereocenters. The summed E-state index contributed by atoms with van der Waals surface area (Å²) in [6.07, 6.45) is 1.79. The maximum atomic E-state index is 11.1. The van der Waals surface area contributed by atoms with Crippen LogP contribution < -0.4 is 0 Å². The molecule has 0 saturated heterocycles. The standard InChI is InChI=1S/C12H17NO3S/c1-3-11(14)10-6-5-9(7-13-10)17-8-12(15)16-4-2/h5-7,11,14H,3-4,8H2,1-2H3. The van der Waals surface area contributed by atoms with Crippen LogP contribution in [0, 0.1) is 0 Å². The van der Waals surface area contributed by atoms with Gasteiger partial charge >= 0.3 is 5.97 Å². The molecule has 0 aromatic carbocycles. The molecule has 1 rings (SSSR count). The molecule has 1 atom stereocenters. The molecule has 0 amide bonds. The predicted molar refractivity (Wildman–Crippen MR) is 66.8 cm³/mol. The molecule has 1 aromatic heterocycles. The van der Waals surface area contributed by atoms with Crippen LogP contribution in [0.25, 0.3) is 0 Å². The lowest BCUT2D eigenvalue weighted by molar-refractivity contribution is -0.139. The Hall–Kier alpha value is -1.07. The number of aliphatic hydroxyl groups is 1. The first kappa shape index (κ1) is 14.0. The van der Waals surface area contributed by atoms with E-state index in [4.69, 9.17) is 4.74 Å². The average Bonchev–Trinajstić information content (AvgIpc) is 2.36. The Morgan fingerprint density at radius 1 is 1.53 bits per heavy atom. The van der Waals surface area contributed by atoms with Crippen molar-refractivity contribution in [3.63, 3.8) is 0 Å². The second-order valence-corrected chi connectivity index (χ2v) is 4.49. The number of ether oxygens (including phenoxy) is 1. The number of hydrogen-bond acceptors (Lipinski definition) is 5. The lowest BCUT2D eigenvalue weighted by Gasteiger charge is -2.07. The molecule has 1 N–H and O–H groups in total. The van der Waals surface area contributed by atoms with Crippen molar-refractivity contribution < 1.29 is 14.6 Å². The van der Waals surface area contributed by atoms with E-state index in [1.807, 2.05) is 13.0 Å². The number of aliphatic hydroxyl groups excluding tert-OH is 1. The number of rotatable bonds is 6. The quantitative estimate of drug-likeness (QED) is 0.623. The van der Waals surface area contributed by atoms with Crippen LogP contribution >= 0.6 is 11.8 Å². The second-order valence-electron chi connectivity index (χ2n) is 3.44. The molecule has 5 heteroatoms. The summed E-state index contributed by atoms with van der Waals surface area (Å²) in [6, 6.07) is 3.63. The fourth-order valence-corrected chi connectivity index (χ4v) is 1.89. The number of aromatic nitrogens is 1. The average molecular weight is 255 g/mol. The molecule has 0 saturated carbocycles. The van der Waals surface area contributed by atoms with E-state index in [1.54, 1.807) is 19.2 Å². The minimum atomic E-state index is -0.515. The number of nitrogens with zero attached hydrogens (tertiary/aromatic N) is 1. The lowest BCUT2D eigenvalue weighted by atomic mass is 10.2. The Labute approximate surface area is 105 Å². The van der Waals surface area contributed by atoms with Gasteiger partial charge in [-0.1, -0.05) is 6.92 Å². The fourth-order valence-electron chi connectivity index (χ4n) is 1.23. The van der Waals surface area contributed by atoms with E-state index in [1.165, 1.54) is 11.8 Å². The van der Waals surface area contributed by atoms with Gasteiger partial charge in [0.15, 0.2) is 0 Å². The van der Waals surface area contributed by atoms with Gasteiger partial charge in [-0.05, 0) is 25.5 Å². The molecule has 0 fully saturated rings. The van der Waals surface area contributed by atoms with Crippen LogP contribution in [0.15, 0.2) is 23.2 Å². The maximum absolute atomic E-state index is 11.1. The van der Waals surface area contributed by atoms with Gasteiger partial charge in [-0.3, -0.25) is 9.78 Å². The van der Waals surface area contributed by atoms with Crippen molar-refractivity contribution in [3.8, 4) is 0 Å². The van der Waals surface area contributed by atoms with Crippen LogP contribution in [0.5, 0.6) is 0 Å². The summed E-state index contributed by atoms with van der Waals surface area (Å²) in [6.45, 7) is 4.08. The largest absolute Gasteiger partial charge is 0.465 e. The van der Waals surface area contributed by atoms with E-state index in [0.717, 1.165) is 4.90 Å². The SMILES string of the molecule is CCOC(=O)CSc1ccc(C(O)CC)nc1. The Morgan fingerprint density at radius 3 is 2.82 bits per heavy atom. The van der Waals surface area contributed by atoms with Crippen LogP contribution in [0.4, 0.5) is 0 Å². The minimum absolute atomic E-state index is 0.227. The van der Waals surface area contributed by atoms with Crippen LogP contribution in [0.3, 0.4) is 0 Å². The van der Waals surface area contributed by atoms with Gasteiger partial charge in [-0.2, -0.15) is 0 Å². The van der Waals surface area contributed by atoms with Gasteiger partial charge in [0.2, 0.25) is 0 Å². The molecule has 0 radical (unpaired) electrons. The van der Waals surface area contributed by atoms with Gasteiger partial charge in [0.25, 0.3) is 0 Å². The van der Waals surface area contributed by atoms with E-state index >= 15 is 0 Å². The highest BCUT2D eigenvalue weighted by atomic mass is 32.2. The summed E-state index contributed by atoms with van der Waals surface area (Å²) in [7, 11) is 0. The third-order valence-electron chi connectivity index (χ3n) is 2.15. The van der Waals surface area contributed by atoms with Gasteiger partial charge in [0.1, 0.15) is 0 Å². The van der Waals surface area contributed by atoms with Crippen LogP contribution in [-0.4, -0.2) is 28.4 Å². The summed E-state index contributed by atoms with van der Waals surface area (Å²) in [5.74, 6) is 0.0562. The van der Waals surface area contributed by atoms with Crippen molar-refractivity contribution in [2.24, 2.45) is 0 Å². The predicted octanol–water partition coefficient (Wildman–Crippen LogP) is 2.18. The molecule has 0 bridgehead atoms. The fraction of sp³-hybridized carbons (Fsp3) is 0.500. The lowest BCUT2D eigenvalue weighted by Crippen LogP contribution is -2.06. The Morgan fingerprint density at radius 2 is 2.29 bits per heavy atom. The van der Waals surface area contributed by atoms with Crippen molar-refractivity contribution in [1.29, 1.82) is 0 Å². The van der Waals surface area contributed by atoms with Crippen molar-refractivity contribution in [2.75, 3.05) is 12.4 Å². The molecule has 1 aromatic rings. The van der Waals surface area contributed by atoms with Crippen molar-refractivity contribution in [3.05, 3.63) is 24.0 Å². The van der Waals surface area contributed by atoms with Gasteiger partial charge in [0.05, 0.1) is 24.2 Å². The molecule has 0 aliphatic carbocycles. The van der Waals surface area contributed by atoms with E-state index < -0.39 is 6.10 Å². The third-order valence-corrected chi connectivity index (χ3v) is 3.10. The highest BCUT2D eigenvalue weighted by Crippen LogP contribution is 2.20. The van der Waals surface area contributed by atoms with E-state index in [9.17, 15) is 9.90 Å². The van der Waals surface area contributed by atoms with Crippen LogP contribution in [0.2, 0.25) is 0 Å². The zero-order chi connectivity index (χ0) is 12.7. The van der Waals surface area contributed by atoms with E-state index in [-0.39, 0.29) is 11.7 Å². The normalized spacial score (nSPS) is 12.2. The number of pyridine rings is 1. The Kier molecular flexibility index (Phi) is 6.00. The van der Waals surface area contributed by atoms with Crippen LogP contribution in [0.1, 0.15) is 32.1 Å². The van der Waals surface area contributed by atoms with Gasteiger partial charge in [-0.25, -0.2) is 0 Å². The Bertz CT molecular complexity index is 353. The second kappa shape index (κ2) is 7.29. The molecule has 4 nitrogen and oxygen atoms in total. The summed E-state index contributed by atoms with van der Waals surface area (Å²) in [5, 5.41) is 9.56. The smallest absolute Gasteiger partial charge is 0.316 e. The number of esters is 1. The zero-order valence-corrected chi connectivity index (χ0v) is 10.9. The zero-order valence-electron chi connectivity index (χ0n) is 10.0. The van der Waals surface area contributed by atoms with E-state index in [2.05, 4.69) is 4.98 Å². The third kappa shape index (κ3) is 4.75. The topological polar surface area (TPSA) is 59.4 Å².